The van der Waals surface area contributed by atoms with Crippen LogP contribution in [0.25, 0.3) is 0 Å². The molecular weight excluding hydrogens is 240 g/mol. The number of hydrogen-bond donors (Lipinski definition) is 1. The van der Waals surface area contributed by atoms with E-state index in [1.807, 2.05) is 6.07 Å². The minimum Gasteiger partial charge on any atom is -0.384 e. The Kier molecular flexibility index (Phi) is 3.99. The van der Waals surface area contributed by atoms with Gasteiger partial charge >= 0.3 is 0 Å². The first-order chi connectivity index (χ1) is 9.33. The van der Waals surface area contributed by atoms with Gasteiger partial charge in [-0.05, 0) is 43.2 Å². The van der Waals surface area contributed by atoms with Crippen LogP contribution in [0.5, 0.6) is 0 Å². The molecule has 1 unspecified atom stereocenters. The van der Waals surface area contributed by atoms with Crippen molar-refractivity contribution in [2.24, 2.45) is 5.92 Å². The van der Waals surface area contributed by atoms with Crippen LogP contribution in [0.1, 0.15) is 36.4 Å². The fourth-order valence-corrected chi connectivity index (χ4v) is 3.07. The van der Waals surface area contributed by atoms with Crippen molar-refractivity contribution < 1.29 is 9.47 Å². The van der Waals surface area contributed by atoms with Gasteiger partial charge in [0.15, 0.2) is 0 Å². The number of nitrogen functional groups attached to an aromatic ring is 1. The smallest absolute Gasteiger partial charge is 0.123 e. The van der Waals surface area contributed by atoms with Crippen molar-refractivity contribution in [3.8, 4) is 0 Å². The van der Waals surface area contributed by atoms with Gasteiger partial charge in [-0.3, -0.25) is 0 Å². The molecule has 0 amide bonds. The highest BCUT2D eigenvalue weighted by Crippen LogP contribution is 2.30. The molecule has 104 valence electrons. The summed E-state index contributed by atoms with van der Waals surface area (Å²) in [5.74, 6) is 1.82. The number of ether oxygens (including phenoxy) is 2. The summed E-state index contributed by atoms with van der Waals surface area (Å²) in [4.78, 5) is 4.59. The van der Waals surface area contributed by atoms with Crippen LogP contribution in [-0.4, -0.2) is 31.4 Å². The fraction of sp³-hybridized carbons (Fsp3) is 0.667. The fourth-order valence-electron chi connectivity index (χ4n) is 3.07. The second-order valence-electron chi connectivity index (χ2n) is 5.59. The van der Waals surface area contributed by atoms with Crippen molar-refractivity contribution in [1.29, 1.82) is 0 Å². The molecule has 0 spiro atoms. The van der Waals surface area contributed by atoms with Crippen molar-refractivity contribution >= 4 is 5.82 Å². The molecular formula is C15H22N2O2. The number of pyridine rings is 1. The molecule has 1 aromatic heterocycles. The molecule has 19 heavy (non-hydrogen) atoms. The van der Waals surface area contributed by atoms with E-state index >= 15 is 0 Å². The normalized spacial score (nSPS) is 24.7. The molecule has 1 atom stereocenters. The van der Waals surface area contributed by atoms with E-state index in [1.165, 1.54) is 11.3 Å². The zero-order chi connectivity index (χ0) is 13.1. The molecule has 2 aliphatic rings. The molecule has 2 N–H and O–H groups in total. The van der Waals surface area contributed by atoms with E-state index in [-0.39, 0.29) is 0 Å². The topological polar surface area (TPSA) is 57.4 Å². The number of nitrogens with two attached hydrogens (primary N) is 1. The first kappa shape index (κ1) is 12.9. The van der Waals surface area contributed by atoms with Gasteiger partial charge in [0.1, 0.15) is 5.82 Å². The van der Waals surface area contributed by atoms with Gasteiger partial charge in [0.25, 0.3) is 0 Å². The van der Waals surface area contributed by atoms with Gasteiger partial charge < -0.3 is 15.2 Å². The van der Waals surface area contributed by atoms with Crippen LogP contribution in [-0.2, 0) is 15.9 Å². The number of hydrogen-bond acceptors (Lipinski definition) is 4. The molecule has 4 nitrogen and oxygen atoms in total. The lowest BCUT2D eigenvalue weighted by atomic mass is 9.89. The molecule has 0 saturated carbocycles. The molecule has 2 saturated heterocycles. The van der Waals surface area contributed by atoms with E-state index in [0.717, 1.165) is 52.1 Å². The SMILES string of the molecule is Nc1ccc(C2CCOC2)c(CC2CCOCC2)n1. The van der Waals surface area contributed by atoms with Gasteiger partial charge in [-0.25, -0.2) is 4.98 Å². The van der Waals surface area contributed by atoms with E-state index in [0.29, 0.717) is 17.7 Å². The zero-order valence-corrected chi connectivity index (χ0v) is 11.3. The number of nitrogens with zero attached hydrogens (tertiary/aromatic N) is 1. The molecule has 0 aliphatic carbocycles. The number of aromatic nitrogens is 1. The number of rotatable bonds is 3. The average molecular weight is 262 g/mol. The summed E-state index contributed by atoms with van der Waals surface area (Å²) in [6.07, 6.45) is 4.40. The maximum absolute atomic E-state index is 5.86. The third kappa shape index (κ3) is 3.07. The monoisotopic (exact) mass is 262 g/mol. The lowest BCUT2D eigenvalue weighted by Crippen LogP contribution is -2.19. The summed E-state index contributed by atoms with van der Waals surface area (Å²) in [6, 6.07) is 4.07. The number of anilines is 1. The van der Waals surface area contributed by atoms with Gasteiger partial charge in [-0.2, -0.15) is 0 Å². The summed E-state index contributed by atoms with van der Waals surface area (Å²) in [5, 5.41) is 0. The first-order valence-corrected chi connectivity index (χ1v) is 7.23. The third-order valence-corrected chi connectivity index (χ3v) is 4.22. The van der Waals surface area contributed by atoms with Crippen molar-refractivity contribution in [1.82, 2.24) is 4.98 Å². The van der Waals surface area contributed by atoms with Crippen LogP contribution in [0.4, 0.5) is 5.82 Å². The third-order valence-electron chi connectivity index (χ3n) is 4.22. The van der Waals surface area contributed by atoms with Crippen molar-refractivity contribution in [3.63, 3.8) is 0 Å². The Labute approximate surface area is 114 Å². The van der Waals surface area contributed by atoms with Gasteiger partial charge in [0, 0.05) is 31.4 Å². The van der Waals surface area contributed by atoms with E-state index < -0.39 is 0 Å². The van der Waals surface area contributed by atoms with Crippen molar-refractivity contribution in [3.05, 3.63) is 23.4 Å². The highest BCUT2D eigenvalue weighted by molar-refractivity contribution is 5.36. The summed E-state index contributed by atoms with van der Waals surface area (Å²) in [5.41, 5.74) is 8.39. The van der Waals surface area contributed by atoms with Crippen LogP contribution in [0.2, 0.25) is 0 Å². The highest BCUT2D eigenvalue weighted by Gasteiger charge is 2.23. The summed E-state index contributed by atoms with van der Waals surface area (Å²) in [7, 11) is 0. The Hall–Kier alpha value is -1.13. The lowest BCUT2D eigenvalue weighted by molar-refractivity contribution is 0.0662. The maximum Gasteiger partial charge on any atom is 0.123 e. The van der Waals surface area contributed by atoms with Crippen LogP contribution in [0, 0.1) is 5.92 Å². The second-order valence-corrected chi connectivity index (χ2v) is 5.59. The summed E-state index contributed by atoms with van der Waals surface area (Å²) < 4.78 is 10.9. The predicted octanol–water partition coefficient (Wildman–Crippen LogP) is 2.14. The molecule has 0 aromatic carbocycles. The quantitative estimate of drug-likeness (QED) is 0.906. The first-order valence-electron chi connectivity index (χ1n) is 7.23. The molecule has 0 bridgehead atoms. The van der Waals surface area contributed by atoms with E-state index in [1.54, 1.807) is 0 Å². The minimum absolute atomic E-state index is 0.503. The Balaban J connectivity index is 1.79. The largest absolute Gasteiger partial charge is 0.384 e. The van der Waals surface area contributed by atoms with Gasteiger partial charge in [-0.1, -0.05) is 6.07 Å². The Morgan fingerprint density at radius 3 is 2.63 bits per heavy atom. The molecule has 3 heterocycles. The van der Waals surface area contributed by atoms with Crippen molar-refractivity contribution in [2.75, 3.05) is 32.2 Å². The molecule has 1 aromatic rings. The Morgan fingerprint density at radius 1 is 1.11 bits per heavy atom. The standard InChI is InChI=1S/C15H22N2O2/c16-15-2-1-13(12-5-8-19-10-12)14(17-15)9-11-3-6-18-7-4-11/h1-2,11-12H,3-10H2,(H2,16,17). The minimum atomic E-state index is 0.503. The Morgan fingerprint density at radius 2 is 1.89 bits per heavy atom. The average Bonchev–Trinajstić information content (AvgIpc) is 2.94. The second kappa shape index (κ2) is 5.88. The highest BCUT2D eigenvalue weighted by atomic mass is 16.5. The molecule has 2 aliphatic heterocycles. The van der Waals surface area contributed by atoms with Crippen LogP contribution in [0.3, 0.4) is 0 Å². The molecule has 3 rings (SSSR count). The van der Waals surface area contributed by atoms with E-state index in [2.05, 4.69) is 11.1 Å². The zero-order valence-electron chi connectivity index (χ0n) is 11.3. The van der Waals surface area contributed by atoms with E-state index in [4.69, 9.17) is 15.2 Å². The predicted molar refractivity (Wildman–Crippen MR) is 74.1 cm³/mol. The lowest BCUT2D eigenvalue weighted by Gasteiger charge is -2.23. The maximum atomic E-state index is 5.86. The summed E-state index contributed by atoms with van der Waals surface area (Å²) >= 11 is 0. The molecule has 0 radical (unpaired) electrons. The van der Waals surface area contributed by atoms with Gasteiger partial charge in [0.2, 0.25) is 0 Å². The summed E-state index contributed by atoms with van der Waals surface area (Å²) in [6.45, 7) is 3.46. The van der Waals surface area contributed by atoms with E-state index in [9.17, 15) is 0 Å². The van der Waals surface area contributed by atoms with Crippen LogP contribution in [0.15, 0.2) is 12.1 Å². The van der Waals surface area contributed by atoms with Gasteiger partial charge in [-0.15, -0.1) is 0 Å². The van der Waals surface area contributed by atoms with Crippen LogP contribution >= 0.6 is 0 Å². The van der Waals surface area contributed by atoms with Crippen LogP contribution < -0.4 is 5.73 Å². The van der Waals surface area contributed by atoms with Gasteiger partial charge in [0.05, 0.1) is 6.61 Å². The Bertz CT molecular complexity index is 424. The van der Waals surface area contributed by atoms with Crippen molar-refractivity contribution in [2.45, 2.75) is 31.6 Å². The molecule has 2 fully saturated rings. The molecule has 4 heteroatoms.